The molecule has 2 aromatic carbocycles. The highest BCUT2D eigenvalue weighted by Crippen LogP contribution is 2.30. The minimum absolute atomic E-state index is 0.331. The second-order valence-electron chi connectivity index (χ2n) is 5.70. The summed E-state index contributed by atoms with van der Waals surface area (Å²) in [6, 6.07) is 9.24. The topological polar surface area (TPSA) is 72.0 Å². The number of aryl methyl sites for hydroxylation is 2. The first-order chi connectivity index (χ1) is 12.5. The number of methoxy groups -OCH3 is 1. The lowest BCUT2D eigenvalue weighted by atomic mass is 10.1. The lowest BCUT2D eigenvalue weighted by Crippen LogP contribution is -2.03. The number of hydrogen-bond acceptors (Lipinski definition) is 6. The average Bonchev–Trinajstić information content (AvgIpc) is 2.59. The van der Waals surface area contributed by atoms with E-state index < -0.39 is 0 Å². The number of hydrogen-bond donors (Lipinski definition) is 2. The van der Waals surface area contributed by atoms with Crippen LogP contribution < -0.4 is 15.4 Å². The third-order valence-corrected chi connectivity index (χ3v) is 4.25. The van der Waals surface area contributed by atoms with Crippen LogP contribution in [-0.2, 0) is 0 Å². The summed E-state index contributed by atoms with van der Waals surface area (Å²) in [4.78, 5) is 4.41. The van der Waals surface area contributed by atoms with E-state index in [1.807, 2.05) is 32.0 Å². The molecule has 0 aliphatic carbocycles. The molecule has 134 valence electrons. The van der Waals surface area contributed by atoms with Crippen molar-refractivity contribution in [3.05, 3.63) is 57.7 Å². The molecule has 0 bridgehead atoms. The minimum atomic E-state index is 0.331. The van der Waals surface area contributed by atoms with Crippen LogP contribution in [0.5, 0.6) is 5.75 Å². The number of benzene rings is 2. The lowest BCUT2D eigenvalue weighted by Gasteiger charge is -2.12. The van der Waals surface area contributed by atoms with Gasteiger partial charge in [0.15, 0.2) is 5.82 Å². The molecule has 0 unspecified atom stereocenters. The molecule has 0 fully saturated rings. The van der Waals surface area contributed by atoms with Gasteiger partial charge < -0.3 is 15.4 Å². The van der Waals surface area contributed by atoms with E-state index in [9.17, 15) is 0 Å². The summed E-state index contributed by atoms with van der Waals surface area (Å²) in [7, 11) is 1.56. The van der Waals surface area contributed by atoms with Gasteiger partial charge >= 0.3 is 0 Å². The number of nitrogens with one attached hydrogen (secondary N) is 2. The Morgan fingerprint density at radius 2 is 1.81 bits per heavy atom. The summed E-state index contributed by atoms with van der Waals surface area (Å²) in [5, 5.41) is 15.3. The van der Waals surface area contributed by atoms with E-state index in [1.165, 1.54) is 6.20 Å². The fourth-order valence-corrected chi connectivity index (χ4v) is 3.12. The number of anilines is 4. The summed E-state index contributed by atoms with van der Waals surface area (Å²) in [6.07, 6.45) is 1.53. The lowest BCUT2D eigenvalue weighted by molar-refractivity contribution is 0.415. The molecule has 0 spiro atoms. The zero-order chi connectivity index (χ0) is 18.7. The first kappa shape index (κ1) is 18.2. The number of rotatable bonds is 5. The van der Waals surface area contributed by atoms with Crippen LogP contribution in [0.15, 0.2) is 36.5 Å². The molecule has 0 radical (unpaired) electrons. The highest BCUT2D eigenvalue weighted by Gasteiger charge is 2.09. The molecule has 3 aromatic rings. The fraction of sp³-hybridized carbons (Fsp3) is 0.167. The quantitative estimate of drug-likeness (QED) is 0.617. The molecule has 0 amide bonds. The number of halogens is 2. The van der Waals surface area contributed by atoms with Crippen LogP contribution in [0.4, 0.5) is 23.1 Å². The van der Waals surface area contributed by atoms with Gasteiger partial charge in [0.2, 0.25) is 5.95 Å². The van der Waals surface area contributed by atoms with Crippen molar-refractivity contribution < 1.29 is 4.74 Å². The molecule has 0 saturated heterocycles. The molecule has 0 atom stereocenters. The highest BCUT2D eigenvalue weighted by molar-refractivity contribution is 6.33. The number of aromatic nitrogens is 3. The van der Waals surface area contributed by atoms with Crippen molar-refractivity contribution in [3.8, 4) is 5.75 Å². The molecule has 0 saturated carbocycles. The molecule has 6 nitrogen and oxygen atoms in total. The van der Waals surface area contributed by atoms with Gasteiger partial charge in [0.1, 0.15) is 5.75 Å². The Bertz CT molecular complexity index is 926. The molecule has 2 N–H and O–H groups in total. The van der Waals surface area contributed by atoms with Gasteiger partial charge in [-0.2, -0.15) is 10.1 Å². The van der Waals surface area contributed by atoms with Gasteiger partial charge in [-0.05, 0) is 49.2 Å². The molecular formula is C18H17Cl2N5O. The van der Waals surface area contributed by atoms with Crippen molar-refractivity contribution in [2.24, 2.45) is 0 Å². The predicted octanol–water partition coefficient (Wildman–Crippen LogP) is 5.29. The third kappa shape index (κ3) is 4.15. The molecule has 26 heavy (non-hydrogen) atoms. The normalized spacial score (nSPS) is 10.5. The highest BCUT2D eigenvalue weighted by atomic mass is 35.5. The molecule has 1 heterocycles. The molecule has 0 aliphatic heterocycles. The summed E-state index contributed by atoms with van der Waals surface area (Å²) in [5.74, 6) is 1.45. The summed E-state index contributed by atoms with van der Waals surface area (Å²) >= 11 is 12.5. The summed E-state index contributed by atoms with van der Waals surface area (Å²) in [6.45, 7) is 3.98. The van der Waals surface area contributed by atoms with E-state index in [1.54, 1.807) is 19.2 Å². The van der Waals surface area contributed by atoms with E-state index in [0.717, 1.165) is 22.5 Å². The van der Waals surface area contributed by atoms with Crippen molar-refractivity contribution in [2.75, 3.05) is 17.7 Å². The molecule has 0 aliphatic rings. The van der Waals surface area contributed by atoms with Crippen LogP contribution in [0.3, 0.4) is 0 Å². The number of nitrogens with zero attached hydrogens (tertiary/aromatic N) is 3. The van der Waals surface area contributed by atoms with E-state index in [0.29, 0.717) is 27.6 Å². The Morgan fingerprint density at radius 1 is 1.00 bits per heavy atom. The zero-order valence-electron chi connectivity index (χ0n) is 14.5. The first-order valence-electron chi connectivity index (χ1n) is 7.80. The van der Waals surface area contributed by atoms with E-state index in [2.05, 4.69) is 25.8 Å². The zero-order valence-corrected chi connectivity index (χ0v) is 16.0. The van der Waals surface area contributed by atoms with Crippen molar-refractivity contribution in [2.45, 2.75) is 13.8 Å². The molecule has 3 rings (SSSR count). The smallest absolute Gasteiger partial charge is 0.249 e. The van der Waals surface area contributed by atoms with Gasteiger partial charge in [-0.25, -0.2) is 0 Å². The first-order valence-corrected chi connectivity index (χ1v) is 8.56. The van der Waals surface area contributed by atoms with Gasteiger partial charge in [-0.1, -0.05) is 29.3 Å². The van der Waals surface area contributed by atoms with Gasteiger partial charge in [-0.15, -0.1) is 5.10 Å². The molecule has 1 aromatic heterocycles. The van der Waals surface area contributed by atoms with Crippen LogP contribution >= 0.6 is 23.2 Å². The Kier molecular flexibility index (Phi) is 5.44. The predicted molar refractivity (Wildman–Crippen MR) is 105 cm³/mol. The minimum Gasteiger partial charge on any atom is -0.495 e. The maximum atomic E-state index is 6.33. The van der Waals surface area contributed by atoms with Crippen LogP contribution in [0.1, 0.15) is 11.1 Å². The van der Waals surface area contributed by atoms with Crippen LogP contribution in [0.2, 0.25) is 10.0 Å². The van der Waals surface area contributed by atoms with Crippen molar-refractivity contribution >= 4 is 46.3 Å². The van der Waals surface area contributed by atoms with Crippen LogP contribution in [0.25, 0.3) is 0 Å². The Hall–Kier alpha value is -2.57. The second kappa shape index (κ2) is 7.76. The van der Waals surface area contributed by atoms with E-state index in [4.69, 9.17) is 27.9 Å². The summed E-state index contributed by atoms with van der Waals surface area (Å²) in [5.41, 5.74) is 3.62. The Labute approximate surface area is 161 Å². The molecule has 8 heteroatoms. The van der Waals surface area contributed by atoms with E-state index >= 15 is 0 Å². The van der Waals surface area contributed by atoms with Gasteiger partial charge in [0.05, 0.1) is 29.0 Å². The van der Waals surface area contributed by atoms with Gasteiger partial charge in [-0.3, -0.25) is 0 Å². The van der Waals surface area contributed by atoms with Crippen molar-refractivity contribution in [1.29, 1.82) is 0 Å². The van der Waals surface area contributed by atoms with Crippen LogP contribution in [0, 0.1) is 13.8 Å². The third-order valence-electron chi connectivity index (χ3n) is 3.65. The maximum absolute atomic E-state index is 6.33. The van der Waals surface area contributed by atoms with Crippen molar-refractivity contribution in [1.82, 2.24) is 15.2 Å². The molecular weight excluding hydrogens is 373 g/mol. The van der Waals surface area contributed by atoms with Gasteiger partial charge in [0, 0.05) is 5.69 Å². The fourth-order valence-electron chi connectivity index (χ4n) is 2.49. The SMILES string of the molecule is COc1ccc(Nc2nncc(Nc3c(C)cc(C)cc3Cl)n2)cc1Cl. The maximum Gasteiger partial charge on any atom is 0.249 e. The number of ether oxygens (including phenoxy) is 1. The van der Waals surface area contributed by atoms with Gasteiger partial charge in [0.25, 0.3) is 0 Å². The van der Waals surface area contributed by atoms with Crippen LogP contribution in [-0.4, -0.2) is 22.3 Å². The average molecular weight is 390 g/mol. The largest absolute Gasteiger partial charge is 0.495 e. The Morgan fingerprint density at radius 3 is 2.50 bits per heavy atom. The van der Waals surface area contributed by atoms with Crippen molar-refractivity contribution in [3.63, 3.8) is 0 Å². The van der Waals surface area contributed by atoms with E-state index in [-0.39, 0.29) is 0 Å². The summed E-state index contributed by atoms with van der Waals surface area (Å²) < 4.78 is 5.14. The second-order valence-corrected chi connectivity index (χ2v) is 6.52. The Balaban J connectivity index is 1.82. The monoisotopic (exact) mass is 389 g/mol. The standard InChI is InChI=1S/C18H17Cl2N5O/c1-10-6-11(2)17(14(20)7-10)23-16-9-21-25-18(24-16)22-12-4-5-15(26-3)13(19)8-12/h4-9H,1-3H3,(H2,22,23,24,25).